The molecule has 0 amide bonds. The molecule has 0 spiro atoms. The molecule has 1 aliphatic heterocycles. The second kappa shape index (κ2) is 5.02. The van der Waals surface area contributed by atoms with Gasteiger partial charge < -0.3 is 15.2 Å². The summed E-state index contributed by atoms with van der Waals surface area (Å²) in [7, 11) is 0. The standard InChI is InChI=1S/C13H18FNO2/c1-8-5-13(17-10-3-4-16-7-10)11(9(2)15)6-12(8)14/h5-6,9-10H,3-4,7,15H2,1-2H3/t9-,10?/m0/s1. The van der Waals surface area contributed by atoms with E-state index in [-0.39, 0.29) is 18.0 Å². The predicted molar refractivity (Wildman–Crippen MR) is 63.6 cm³/mol. The zero-order chi connectivity index (χ0) is 12.4. The number of nitrogens with two attached hydrogens (primary N) is 1. The lowest BCUT2D eigenvalue weighted by Crippen LogP contribution is -2.18. The van der Waals surface area contributed by atoms with Gasteiger partial charge in [-0.2, -0.15) is 0 Å². The minimum atomic E-state index is -0.248. The van der Waals surface area contributed by atoms with Crippen molar-refractivity contribution in [3.8, 4) is 5.75 Å². The summed E-state index contributed by atoms with van der Waals surface area (Å²) in [6.45, 7) is 4.85. The summed E-state index contributed by atoms with van der Waals surface area (Å²) >= 11 is 0. The predicted octanol–water partition coefficient (Wildman–Crippen LogP) is 2.32. The molecule has 17 heavy (non-hydrogen) atoms. The molecule has 1 unspecified atom stereocenters. The van der Waals surface area contributed by atoms with Crippen molar-refractivity contribution in [1.82, 2.24) is 0 Å². The number of aryl methyl sites for hydroxylation is 1. The molecule has 1 fully saturated rings. The maximum atomic E-state index is 13.5. The summed E-state index contributed by atoms with van der Waals surface area (Å²) < 4.78 is 24.6. The van der Waals surface area contributed by atoms with Crippen LogP contribution in [0, 0.1) is 12.7 Å². The van der Waals surface area contributed by atoms with Gasteiger partial charge in [-0.15, -0.1) is 0 Å². The Morgan fingerprint density at radius 1 is 1.53 bits per heavy atom. The van der Waals surface area contributed by atoms with Crippen molar-refractivity contribution in [3.05, 3.63) is 29.1 Å². The quantitative estimate of drug-likeness (QED) is 0.880. The van der Waals surface area contributed by atoms with Gasteiger partial charge in [0.1, 0.15) is 17.7 Å². The van der Waals surface area contributed by atoms with Crippen LogP contribution in [0.25, 0.3) is 0 Å². The van der Waals surface area contributed by atoms with Crippen LogP contribution in [0.15, 0.2) is 12.1 Å². The lowest BCUT2D eigenvalue weighted by Gasteiger charge is -2.18. The smallest absolute Gasteiger partial charge is 0.126 e. The molecule has 2 rings (SSSR count). The molecule has 1 aromatic carbocycles. The van der Waals surface area contributed by atoms with Crippen molar-refractivity contribution >= 4 is 0 Å². The molecule has 0 saturated carbocycles. The lowest BCUT2D eigenvalue weighted by atomic mass is 10.0. The van der Waals surface area contributed by atoms with E-state index in [1.54, 1.807) is 13.0 Å². The number of hydrogen-bond acceptors (Lipinski definition) is 3. The van der Waals surface area contributed by atoms with E-state index in [9.17, 15) is 4.39 Å². The highest BCUT2D eigenvalue weighted by Gasteiger charge is 2.20. The molecular weight excluding hydrogens is 221 g/mol. The maximum Gasteiger partial charge on any atom is 0.126 e. The first-order chi connectivity index (χ1) is 8.08. The van der Waals surface area contributed by atoms with E-state index < -0.39 is 0 Å². The van der Waals surface area contributed by atoms with Crippen molar-refractivity contribution in [2.24, 2.45) is 5.73 Å². The summed E-state index contributed by atoms with van der Waals surface area (Å²) in [6, 6.07) is 2.93. The fourth-order valence-electron chi connectivity index (χ4n) is 1.91. The Hall–Kier alpha value is -1.13. The number of benzene rings is 1. The van der Waals surface area contributed by atoms with E-state index >= 15 is 0 Å². The Bertz CT molecular complexity index is 401. The number of ether oxygens (including phenoxy) is 2. The topological polar surface area (TPSA) is 44.5 Å². The zero-order valence-corrected chi connectivity index (χ0v) is 10.2. The van der Waals surface area contributed by atoms with Crippen LogP contribution >= 0.6 is 0 Å². The first-order valence-electron chi connectivity index (χ1n) is 5.88. The highest BCUT2D eigenvalue weighted by atomic mass is 19.1. The molecule has 0 aromatic heterocycles. The summed E-state index contributed by atoms with van der Waals surface area (Å²) in [6.07, 6.45) is 0.923. The van der Waals surface area contributed by atoms with Gasteiger partial charge in [-0.05, 0) is 31.5 Å². The summed E-state index contributed by atoms with van der Waals surface area (Å²) in [4.78, 5) is 0. The summed E-state index contributed by atoms with van der Waals surface area (Å²) in [5.74, 6) is 0.432. The SMILES string of the molecule is Cc1cc(OC2CCOC2)c([C@H](C)N)cc1F. The molecule has 1 heterocycles. The van der Waals surface area contributed by atoms with E-state index in [4.69, 9.17) is 15.2 Å². The van der Waals surface area contributed by atoms with Crippen LogP contribution in [0.1, 0.15) is 30.5 Å². The van der Waals surface area contributed by atoms with Crippen LogP contribution in [-0.2, 0) is 4.74 Å². The molecule has 0 radical (unpaired) electrons. The molecule has 1 aliphatic rings. The largest absolute Gasteiger partial charge is 0.488 e. The monoisotopic (exact) mass is 239 g/mol. The van der Waals surface area contributed by atoms with Crippen LogP contribution < -0.4 is 10.5 Å². The molecule has 1 aromatic rings. The van der Waals surface area contributed by atoms with Crippen molar-refractivity contribution < 1.29 is 13.9 Å². The van der Waals surface area contributed by atoms with Gasteiger partial charge in [-0.25, -0.2) is 4.39 Å². The van der Waals surface area contributed by atoms with Gasteiger partial charge in [0.15, 0.2) is 0 Å². The minimum Gasteiger partial charge on any atom is -0.488 e. The van der Waals surface area contributed by atoms with Crippen LogP contribution in [0.2, 0.25) is 0 Å². The molecule has 4 heteroatoms. The first kappa shape index (κ1) is 12.3. The Kier molecular flexibility index (Phi) is 3.64. The van der Waals surface area contributed by atoms with E-state index in [1.165, 1.54) is 6.07 Å². The van der Waals surface area contributed by atoms with Gasteiger partial charge >= 0.3 is 0 Å². The Morgan fingerprint density at radius 2 is 2.29 bits per heavy atom. The van der Waals surface area contributed by atoms with Gasteiger partial charge in [0.05, 0.1) is 13.2 Å². The zero-order valence-electron chi connectivity index (χ0n) is 10.2. The van der Waals surface area contributed by atoms with Crippen molar-refractivity contribution in [3.63, 3.8) is 0 Å². The third kappa shape index (κ3) is 2.76. The van der Waals surface area contributed by atoms with Crippen molar-refractivity contribution in [1.29, 1.82) is 0 Å². The van der Waals surface area contributed by atoms with Gasteiger partial charge in [0.2, 0.25) is 0 Å². The fourth-order valence-corrected chi connectivity index (χ4v) is 1.91. The molecular formula is C13H18FNO2. The van der Waals surface area contributed by atoms with Gasteiger partial charge in [0.25, 0.3) is 0 Å². The van der Waals surface area contributed by atoms with Crippen LogP contribution in [0.4, 0.5) is 4.39 Å². The number of halogens is 1. The molecule has 1 saturated heterocycles. The molecule has 2 atom stereocenters. The summed E-state index contributed by atoms with van der Waals surface area (Å²) in [5, 5.41) is 0. The molecule has 94 valence electrons. The number of rotatable bonds is 3. The van der Waals surface area contributed by atoms with E-state index in [1.807, 2.05) is 6.92 Å². The Morgan fingerprint density at radius 3 is 2.88 bits per heavy atom. The molecule has 0 bridgehead atoms. The van der Waals surface area contributed by atoms with E-state index in [0.717, 1.165) is 13.0 Å². The van der Waals surface area contributed by atoms with Crippen LogP contribution in [0.3, 0.4) is 0 Å². The lowest BCUT2D eigenvalue weighted by molar-refractivity contribution is 0.140. The van der Waals surface area contributed by atoms with Gasteiger partial charge in [0, 0.05) is 18.0 Å². The third-order valence-electron chi connectivity index (χ3n) is 2.96. The minimum absolute atomic E-state index is 0.0531. The second-order valence-electron chi connectivity index (χ2n) is 4.53. The average molecular weight is 239 g/mol. The van der Waals surface area contributed by atoms with Crippen molar-refractivity contribution in [2.75, 3.05) is 13.2 Å². The van der Waals surface area contributed by atoms with E-state index in [2.05, 4.69) is 0 Å². The summed E-state index contributed by atoms with van der Waals surface area (Å²) in [5.41, 5.74) is 7.11. The van der Waals surface area contributed by atoms with Crippen LogP contribution in [0.5, 0.6) is 5.75 Å². The second-order valence-corrected chi connectivity index (χ2v) is 4.53. The van der Waals surface area contributed by atoms with E-state index in [0.29, 0.717) is 23.5 Å². The molecule has 2 N–H and O–H groups in total. The fraction of sp³-hybridized carbons (Fsp3) is 0.538. The number of hydrogen-bond donors (Lipinski definition) is 1. The Labute approximate surface area is 101 Å². The average Bonchev–Trinajstić information content (AvgIpc) is 2.75. The van der Waals surface area contributed by atoms with Gasteiger partial charge in [-0.3, -0.25) is 0 Å². The van der Waals surface area contributed by atoms with Crippen LogP contribution in [-0.4, -0.2) is 19.3 Å². The molecule has 3 nitrogen and oxygen atoms in total. The third-order valence-corrected chi connectivity index (χ3v) is 2.96. The maximum absolute atomic E-state index is 13.5. The highest BCUT2D eigenvalue weighted by Crippen LogP contribution is 2.29. The molecule has 0 aliphatic carbocycles. The van der Waals surface area contributed by atoms with Gasteiger partial charge in [-0.1, -0.05) is 0 Å². The Balaban J connectivity index is 2.26. The normalized spacial score (nSPS) is 21.5. The van der Waals surface area contributed by atoms with Crippen molar-refractivity contribution in [2.45, 2.75) is 32.4 Å². The first-order valence-corrected chi connectivity index (χ1v) is 5.88. The highest BCUT2D eigenvalue weighted by molar-refractivity contribution is 5.40.